The van der Waals surface area contributed by atoms with E-state index in [4.69, 9.17) is 6.42 Å². The fourth-order valence-corrected chi connectivity index (χ4v) is 2.61. The molecule has 1 rings (SSSR count). The second-order valence-electron chi connectivity index (χ2n) is 5.86. The fraction of sp³-hybridized carbons (Fsp3) is 0.474. The number of carbonyl (C=O) groups is 2. The molecule has 0 N–H and O–H groups in total. The van der Waals surface area contributed by atoms with Gasteiger partial charge in [-0.05, 0) is 31.4 Å². The van der Waals surface area contributed by atoms with Gasteiger partial charge in [0.1, 0.15) is 5.56 Å². The molecule has 7 nitrogen and oxygen atoms in total. The molecule has 0 aromatic heterocycles. The topological polar surface area (TPSA) is 83.8 Å². The second-order valence-corrected chi connectivity index (χ2v) is 5.86. The Morgan fingerprint density at radius 3 is 2.15 bits per heavy atom. The summed E-state index contributed by atoms with van der Waals surface area (Å²) in [6.45, 7) is 7.13. The molecule has 0 fully saturated rings. The van der Waals surface area contributed by atoms with Crippen LogP contribution in [-0.4, -0.2) is 46.3 Å². The van der Waals surface area contributed by atoms with Crippen molar-refractivity contribution in [3.05, 3.63) is 39.4 Å². The Labute approximate surface area is 154 Å². The lowest BCUT2D eigenvalue weighted by atomic mass is 10.1. The average molecular weight is 359 g/mol. The van der Waals surface area contributed by atoms with Gasteiger partial charge in [-0.1, -0.05) is 26.7 Å². The van der Waals surface area contributed by atoms with Gasteiger partial charge in [-0.25, -0.2) is 4.79 Å². The number of nitrogens with zero attached hydrogens (tertiary/aromatic N) is 3. The predicted molar refractivity (Wildman–Crippen MR) is 99.9 cm³/mol. The quantitative estimate of drug-likeness (QED) is 0.403. The lowest BCUT2D eigenvalue weighted by Crippen LogP contribution is -2.47. The molecule has 0 unspecified atom stereocenters. The van der Waals surface area contributed by atoms with Crippen molar-refractivity contribution in [3.8, 4) is 12.3 Å². The first-order valence-corrected chi connectivity index (χ1v) is 8.76. The summed E-state index contributed by atoms with van der Waals surface area (Å²) in [7, 11) is 0. The molecule has 1 aromatic rings. The first-order chi connectivity index (χ1) is 12.4. The molecular weight excluding hydrogens is 334 g/mol. The number of hydrogen-bond donors (Lipinski definition) is 0. The Morgan fingerprint density at radius 2 is 1.69 bits per heavy atom. The van der Waals surface area contributed by atoms with Crippen molar-refractivity contribution in [3.63, 3.8) is 0 Å². The van der Waals surface area contributed by atoms with Crippen LogP contribution in [0.4, 0.5) is 10.5 Å². The van der Waals surface area contributed by atoms with Crippen molar-refractivity contribution in [2.75, 3.05) is 19.6 Å². The maximum atomic E-state index is 12.9. The highest BCUT2D eigenvalue weighted by molar-refractivity contribution is 6.04. The van der Waals surface area contributed by atoms with Gasteiger partial charge in [-0.15, -0.1) is 6.42 Å². The highest BCUT2D eigenvalue weighted by Crippen LogP contribution is 2.21. The zero-order chi connectivity index (χ0) is 19.7. The van der Waals surface area contributed by atoms with Gasteiger partial charge >= 0.3 is 6.03 Å². The van der Waals surface area contributed by atoms with Crippen molar-refractivity contribution in [1.29, 1.82) is 0 Å². The molecule has 1 aromatic carbocycles. The summed E-state index contributed by atoms with van der Waals surface area (Å²) in [4.78, 5) is 39.0. The molecule has 3 amide bonds. The Morgan fingerprint density at radius 1 is 1.12 bits per heavy atom. The van der Waals surface area contributed by atoms with Gasteiger partial charge in [0.15, 0.2) is 0 Å². The average Bonchev–Trinajstić information content (AvgIpc) is 2.64. The molecule has 0 radical (unpaired) electrons. The molecule has 0 saturated heterocycles. The second kappa shape index (κ2) is 10.2. The zero-order valence-electron chi connectivity index (χ0n) is 15.5. The maximum Gasteiger partial charge on any atom is 0.326 e. The Bertz CT molecular complexity index is 703. The molecule has 0 atom stereocenters. The monoisotopic (exact) mass is 359 g/mol. The summed E-state index contributed by atoms with van der Waals surface area (Å²) in [6, 6.07) is 3.54. The summed E-state index contributed by atoms with van der Waals surface area (Å²) < 4.78 is 0. The van der Waals surface area contributed by atoms with Crippen LogP contribution in [0.15, 0.2) is 18.2 Å². The van der Waals surface area contributed by atoms with E-state index < -0.39 is 10.8 Å². The van der Waals surface area contributed by atoms with Crippen molar-refractivity contribution in [1.82, 2.24) is 9.80 Å². The number of carbonyl (C=O) groups excluding carboxylic acids is 2. The fourth-order valence-electron chi connectivity index (χ4n) is 2.61. The van der Waals surface area contributed by atoms with Crippen LogP contribution in [0.3, 0.4) is 0 Å². The Kier molecular flexibility index (Phi) is 8.29. The first kappa shape index (κ1) is 21.2. The number of nitro groups is 1. The molecule has 140 valence electrons. The maximum absolute atomic E-state index is 12.9. The van der Waals surface area contributed by atoms with Gasteiger partial charge in [-0.3, -0.25) is 19.8 Å². The van der Waals surface area contributed by atoms with Gasteiger partial charge in [0.05, 0.1) is 4.92 Å². The third-order valence-electron chi connectivity index (χ3n) is 3.78. The van der Waals surface area contributed by atoms with Crippen molar-refractivity contribution in [2.45, 2.75) is 40.0 Å². The number of rotatable bonds is 8. The number of benzene rings is 1. The van der Waals surface area contributed by atoms with E-state index >= 15 is 0 Å². The molecule has 0 aliphatic heterocycles. The molecule has 7 heteroatoms. The number of imide groups is 1. The Balaban J connectivity index is 3.23. The molecule has 0 saturated carbocycles. The lowest BCUT2D eigenvalue weighted by molar-refractivity contribution is -0.385. The van der Waals surface area contributed by atoms with E-state index in [1.165, 1.54) is 12.1 Å². The van der Waals surface area contributed by atoms with Gasteiger partial charge < -0.3 is 4.90 Å². The van der Waals surface area contributed by atoms with Crippen LogP contribution < -0.4 is 0 Å². The van der Waals surface area contributed by atoms with Crippen LogP contribution in [0, 0.1) is 22.5 Å². The SMILES string of the molecule is C#Cc1ccc(C(=O)N(CCC)C(=O)N(CCC)CCC)cc1[N+](=O)[O-]. The van der Waals surface area contributed by atoms with Crippen molar-refractivity contribution < 1.29 is 14.5 Å². The number of nitro benzene ring substituents is 1. The van der Waals surface area contributed by atoms with E-state index in [1.54, 1.807) is 4.90 Å². The van der Waals surface area contributed by atoms with Gasteiger partial charge in [0.25, 0.3) is 11.6 Å². The van der Waals surface area contributed by atoms with E-state index in [2.05, 4.69) is 5.92 Å². The van der Waals surface area contributed by atoms with Crippen molar-refractivity contribution in [2.24, 2.45) is 0 Å². The molecule has 0 aliphatic carbocycles. The smallest absolute Gasteiger partial charge is 0.324 e. The number of terminal acetylenes is 1. The number of hydrogen-bond acceptors (Lipinski definition) is 4. The summed E-state index contributed by atoms with van der Waals surface area (Å²) in [5.41, 5.74) is -0.148. The number of urea groups is 1. The van der Waals surface area contributed by atoms with Crippen LogP contribution in [-0.2, 0) is 0 Å². The van der Waals surface area contributed by atoms with E-state index in [9.17, 15) is 19.7 Å². The predicted octanol–water partition coefficient (Wildman–Crippen LogP) is 3.67. The molecule has 0 aliphatic rings. The number of amides is 3. The highest BCUT2D eigenvalue weighted by Gasteiger charge is 2.27. The van der Waals surface area contributed by atoms with Crippen LogP contribution in [0.25, 0.3) is 0 Å². The lowest BCUT2D eigenvalue weighted by Gasteiger charge is -2.29. The summed E-state index contributed by atoms with van der Waals surface area (Å²) in [5.74, 6) is 1.68. The third-order valence-corrected chi connectivity index (χ3v) is 3.78. The normalized spacial score (nSPS) is 10.1. The largest absolute Gasteiger partial charge is 0.326 e. The first-order valence-electron chi connectivity index (χ1n) is 8.76. The minimum atomic E-state index is -0.627. The van der Waals surface area contributed by atoms with Crippen LogP contribution in [0.2, 0.25) is 0 Å². The summed E-state index contributed by atoms with van der Waals surface area (Å²) in [6.07, 6.45) is 7.42. The van der Waals surface area contributed by atoms with Gasteiger partial charge in [0, 0.05) is 31.3 Å². The van der Waals surface area contributed by atoms with E-state index in [0.717, 1.165) is 23.8 Å². The summed E-state index contributed by atoms with van der Waals surface area (Å²) in [5, 5.41) is 11.2. The molecule has 0 heterocycles. The summed E-state index contributed by atoms with van der Waals surface area (Å²) >= 11 is 0. The standard InChI is InChI=1S/C19H25N3O4/c1-5-11-20(12-6-2)19(24)21(13-7-3)18(23)16-10-9-15(8-4)17(14-16)22(25)26/h4,9-10,14H,5-7,11-13H2,1-3H3. The van der Waals surface area contributed by atoms with Crippen molar-refractivity contribution >= 4 is 17.6 Å². The molecule has 0 spiro atoms. The van der Waals surface area contributed by atoms with E-state index in [-0.39, 0.29) is 29.4 Å². The van der Waals surface area contributed by atoms with E-state index in [1.807, 2.05) is 20.8 Å². The van der Waals surface area contributed by atoms with E-state index in [0.29, 0.717) is 19.5 Å². The van der Waals surface area contributed by atoms with Crippen LogP contribution in [0.1, 0.15) is 56.0 Å². The van der Waals surface area contributed by atoms with Crippen LogP contribution >= 0.6 is 0 Å². The zero-order valence-corrected chi connectivity index (χ0v) is 15.5. The minimum absolute atomic E-state index is 0.0745. The Hall–Kier alpha value is -2.88. The highest BCUT2D eigenvalue weighted by atomic mass is 16.6. The molecule has 26 heavy (non-hydrogen) atoms. The van der Waals surface area contributed by atoms with Gasteiger partial charge in [0.2, 0.25) is 0 Å². The third kappa shape index (κ3) is 5.06. The van der Waals surface area contributed by atoms with Gasteiger partial charge in [-0.2, -0.15) is 0 Å². The molecular formula is C19H25N3O4. The van der Waals surface area contributed by atoms with Crippen LogP contribution in [0.5, 0.6) is 0 Å². The molecule has 0 bridgehead atoms. The minimum Gasteiger partial charge on any atom is -0.324 e.